The number of benzene rings is 10. The van der Waals surface area contributed by atoms with Crippen molar-refractivity contribution in [1.82, 2.24) is 4.57 Å². The number of fused-ring (bicyclic) bond motifs is 19. The fraction of sp³-hybridized carbons (Fsp3) is 0.0625. The number of aromatic nitrogens is 1. The molecule has 0 fully saturated rings. The van der Waals surface area contributed by atoms with E-state index in [1.165, 1.54) is 71.9 Å². The predicted molar refractivity (Wildman–Crippen MR) is 276 cm³/mol. The molecule has 2 heterocycles. The Morgan fingerprint density at radius 1 is 0.382 bits per heavy atom. The van der Waals surface area contributed by atoms with E-state index in [1.54, 1.807) is 0 Å². The van der Waals surface area contributed by atoms with Crippen molar-refractivity contribution in [2.45, 2.75) is 24.7 Å². The third-order valence-corrected chi connectivity index (χ3v) is 15.5. The van der Waals surface area contributed by atoms with Crippen molar-refractivity contribution in [3.63, 3.8) is 0 Å². The topological polar surface area (TPSA) is 26.6 Å². The molecule has 0 saturated carbocycles. The lowest BCUT2D eigenvalue weighted by atomic mass is 9.70. The summed E-state index contributed by atoms with van der Waals surface area (Å²) < 4.78 is 17.0. The van der Waals surface area contributed by atoms with Crippen LogP contribution in [-0.2, 0) is 10.8 Å². The minimum absolute atomic E-state index is 0.198. The molecule has 1 spiro atoms. The van der Waals surface area contributed by atoms with Crippen molar-refractivity contribution in [2.75, 3.05) is 4.90 Å². The van der Waals surface area contributed by atoms with Crippen LogP contribution in [0, 0.1) is 0 Å². The Balaban J connectivity index is 0.958. The molecule has 4 aliphatic rings. The normalized spacial score (nSPS) is 14.5. The van der Waals surface area contributed by atoms with Crippen molar-refractivity contribution >= 4 is 38.9 Å². The van der Waals surface area contributed by atoms with E-state index in [-0.39, 0.29) is 5.41 Å². The molecule has 0 radical (unpaired) electrons. The van der Waals surface area contributed by atoms with E-state index in [2.05, 4.69) is 236 Å². The zero-order valence-corrected chi connectivity index (χ0v) is 37.5. The quantitative estimate of drug-likeness (QED) is 0.176. The van der Waals surface area contributed by atoms with Crippen LogP contribution in [0.4, 0.5) is 17.1 Å². The van der Waals surface area contributed by atoms with Crippen molar-refractivity contribution < 1.29 is 9.47 Å². The van der Waals surface area contributed by atoms with Crippen LogP contribution in [-0.4, -0.2) is 4.57 Å². The number of nitrogens with zero attached hydrogens (tertiary/aromatic N) is 2. The second kappa shape index (κ2) is 13.5. The minimum atomic E-state index is -0.507. The van der Waals surface area contributed by atoms with Gasteiger partial charge in [-0.15, -0.1) is 0 Å². The van der Waals surface area contributed by atoms with E-state index in [0.717, 1.165) is 45.1 Å². The molecule has 320 valence electrons. The minimum Gasteiger partial charge on any atom is -0.449 e. The van der Waals surface area contributed by atoms with Gasteiger partial charge in [-0.05, 0) is 128 Å². The Morgan fingerprint density at radius 3 is 1.72 bits per heavy atom. The molecule has 0 atom stereocenters. The van der Waals surface area contributed by atoms with Crippen LogP contribution in [0.15, 0.2) is 218 Å². The molecule has 0 N–H and O–H groups in total. The van der Waals surface area contributed by atoms with Gasteiger partial charge >= 0.3 is 0 Å². The molecule has 3 aliphatic carbocycles. The SMILES string of the molecule is CC1(C)c2ccccc2-c2ccc(N(c3ccc4c(c3)c3ccccc3n4-c3ccccc3)c3cccc4c3Oc3c(ccc5c3-c3ccccc3C53c5ccccc5-c5ccccc53)O4)cc21. The van der Waals surface area contributed by atoms with Crippen molar-refractivity contribution in [3.05, 3.63) is 252 Å². The molecule has 11 aromatic rings. The van der Waals surface area contributed by atoms with Gasteiger partial charge in [0.05, 0.1) is 22.1 Å². The first-order chi connectivity index (χ1) is 33.5. The van der Waals surface area contributed by atoms with Crippen LogP contribution in [0.2, 0.25) is 0 Å². The van der Waals surface area contributed by atoms with Crippen LogP contribution >= 0.6 is 0 Å². The van der Waals surface area contributed by atoms with Gasteiger partial charge < -0.3 is 18.9 Å². The van der Waals surface area contributed by atoms with Crippen LogP contribution in [0.3, 0.4) is 0 Å². The average molecular weight is 871 g/mol. The lowest BCUT2D eigenvalue weighted by molar-refractivity contribution is 0.361. The molecule has 4 nitrogen and oxygen atoms in total. The van der Waals surface area contributed by atoms with E-state index in [1.807, 2.05) is 6.07 Å². The summed E-state index contributed by atoms with van der Waals surface area (Å²) in [6, 6.07) is 79.6. The molecule has 1 aliphatic heterocycles. The Bertz CT molecular complexity index is 3930. The highest BCUT2D eigenvalue weighted by Gasteiger charge is 2.53. The van der Waals surface area contributed by atoms with E-state index in [0.29, 0.717) is 17.2 Å². The largest absolute Gasteiger partial charge is 0.449 e. The number of hydrogen-bond donors (Lipinski definition) is 0. The number of para-hydroxylation sites is 3. The summed E-state index contributed by atoms with van der Waals surface area (Å²) >= 11 is 0. The molecule has 0 saturated heterocycles. The fourth-order valence-corrected chi connectivity index (χ4v) is 12.6. The van der Waals surface area contributed by atoms with E-state index >= 15 is 0 Å². The van der Waals surface area contributed by atoms with Crippen molar-refractivity contribution in [2.24, 2.45) is 0 Å². The number of rotatable bonds is 4. The zero-order valence-electron chi connectivity index (χ0n) is 37.5. The summed E-state index contributed by atoms with van der Waals surface area (Å²) in [5.74, 6) is 2.79. The Hall–Kier alpha value is -8.60. The maximum Gasteiger partial charge on any atom is 0.194 e. The Morgan fingerprint density at radius 2 is 0.956 bits per heavy atom. The molecule has 68 heavy (non-hydrogen) atoms. The number of anilines is 3. The monoisotopic (exact) mass is 870 g/mol. The average Bonchev–Trinajstić information content (AvgIpc) is 4.06. The fourth-order valence-electron chi connectivity index (χ4n) is 12.6. The van der Waals surface area contributed by atoms with Crippen LogP contribution in [0.25, 0.3) is 60.9 Å². The predicted octanol–water partition coefficient (Wildman–Crippen LogP) is 16.8. The van der Waals surface area contributed by atoms with Crippen molar-refractivity contribution in [1.29, 1.82) is 0 Å². The number of hydrogen-bond acceptors (Lipinski definition) is 3. The molecule has 1 aromatic heterocycles. The lowest BCUT2D eigenvalue weighted by Crippen LogP contribution is -2.25. The van der Waals surface area contributed by atoms with Gasteiger partial charge in [-0.25, -0.2) is 0 Å². The highest BCUT2D eigenvalue weighted by molar-refractivity contribution is 6.11. The molecule has 0 amide bonds. The van der Waals surface area contributed by atoms with Gasteiger partial charge in [0.25, 0.3) is 0 Å². The molecule has 0 unspecified atom stereocenters. The van der Waals surface area contributed by atoms with Crippen LogP contribution in [0.1, 0.15) is 47.2 Å². The summed E-state index contributed by atoms with van der Waals surface area (Å²) in [4.78, 5) is 2.38. The molecular formula is C64H42N2O2. The Kier molecular flexibility index (Phi) is 7.46. The highest BCUT2D eigenvalue weighted by atomic mass is 16.6. The van der Waals surface area contributed by atoms with E-state index in [9.17, 15) is 0 Å². The molecule has 15 rings (SSSR count). The van der Waals surface area contributed by atoms with Crippen LogP contribution < -0.4 is 14.4 Å². The van der Waals surface area contributed by atoms with E-state index < -0.39 is 5.41 Å². The van der Waals surface area contributed by atoms with Gasteiger partial charge in [-0.3, -0.25) is 0 Å². The molecule has 10 aromatic carbocycles. The summed E-state index contributed by atoms with van der Waals surface area (Å²) in [6.07, 6.45) is 0. The zero-order chi connectivity index (χ0) is 44.9. The summed E-state index contributed by atoms with van der Waals surface area (Å²) in [6.45, 7) is 4.70. The standard InChI is InChI=1S/C64H42N2O2/c1-63(2)49-24-11-6-19-42(49)45-33-31-41(38-54(45)63)65(40-32-35-56-48(37-40)46-22-10-15-28-55(46)66(56)39-17-4-3-5-18-39)57-29-16-30-58-61(57)68-62-59(67-58)36-34-53-60(62)47-23-9-14-27-52(47)64(53)50-25-12-7-20-43(50)44-21-8-13-26-51(44)64/h3-38H,1-2H3. The molecule has 4 heteroatoms. The van der Waals surface area contributed by atoms with Gasteiger partial charge in [-0.1, -0.05) is 166 Å². The van der Waals surface area contributed by atoms with Gasteiger partial charge in [0.15, 0.2) is 23.0 Å². The van der Waals surface area contributed by atoms with E-state index in [4.69, 9.17) is 9.47 Å². The second-order valence-electron chi connectivity index (χ2n) is 19.1. The Labute approximate surface area is 394 Å². The van der Waals surface area contributed by atoms with Gasteiger partial charge in [0.2, 0.25) is 0 Å². The first-order valence-corrected chi connectivity index (χ1v) is 23.6. The summed E-state index contributed by atoms with van der Waals surface area (Å²) in [5.41, 5.74) is 20.7. The molecular weight excluding hydrogens is 829 g/mol. The summed E-state index contributed by atoms with van der Waals surface area (Å²) in [7, 11) is 0. The lowest BCUT2D eigenvalue weighted by Gasteiger charge is -2.33. The molecule has 0 bridgehead atoms. The second-order valence-corrected chi connectivity index (χ2v) is 19.1. The van der Waals surface area contributed by atoms with Crippen molar-refractivity contribution in [3.8, 4) is 62.1 Å². The third kappa shape index (κ3) is 4.78. The van der Waals surface area contributed by atoms with Gasteiger partial charge in [0, 0.05) is 38.8 Å². The highest BCUT2D eigenvalue weighted by Crippen LogP contribution is 2.67. The maximum absolute atomic E-state index is 7.54. The first-order valence-electron chi connectivity index (χ1n) is 23.6. The third-order valence-electron chi connectivity index (χ3n) is 15.5. The van der Waals surface area contributed by atoms with Gasteiger partial charge in [-0.2, -0.15) is 0 Å². The van der Waals surface area contributed by atoms with Crippen LogP contribution in [0.5, 0.6) is 23.0 Å². The number of ether oxygens (including phenoxy) is 2. The smallest absolute Gasteiger partial charge is 0.194 e. The first kappa shape index (κ1) is 37.6. The summed E-state index contributed by atoms with van der Waals surface area (Å²) in [5, 5.41) is 2.37. The maximum atomic E-state index is 7.54. The van der Waals surface area contributed by atoms with Gasteiger partial charge in [0.1, 0.15) is 0 Å².